The van der Waals surface area contributed by atoms with Crippen LogP contribution >= 0.6 is 11.6 Å². The van der Waals surface area contributed by atoms with Gasteiger partial charge in [-0.2, -0.15) is 0 Å². The Morgan fingerprint density at radius 1 is 1.22 bits per heavy atom. The van der Waals surface area contributed by atoms with E-state index in [1.54, 1.807) is 0 Å². The number of esters is 1. The molecule has 27 heavy (non-hydrogen) atoms. The maximum atomic E-state index is 12.4. The van der Waals surface area contributed by atoms with Gasteiger partial charge >= 0.3 is 5.97 Å². The van der Waals surface area contributed by atoms with E-state index < -0.39 is 5.97 Å². The van der Waals surface area contributed by atoms with Crippen molar-refractivity contribution in [3.05, 3.63) is 16.9 Å². The first-order chi connectivity index (χ1) is 13.0. The Morgan fingerprint density at radius 3 is 2.70 bits per heavy atom. The third-order valence-electron chi connectivity index (χ3n) is 5.36. The number of carbonyl (C=O) groups is 2. The van der Waals surface area contributed by atoms with Gasteiger partial charge in [-0.1, -0.05) is 31.4 Å². The molecule has 0 bridgehead atoms. The molecule has 148 valence electrons. The van der Waals surface area contributed by atoms with Crippen molar-refractivity contribution in [2.75, 3.05) is 24.6 Å². The number of nitrogens with one attached hydrogen (secondary N) is 1. The van der Waals surface area contributed by atoms with Crippen molar-refractivity contribution >= 4 is 29.4 Å². The third kappa shape index (κ3) is 5.31. The zero-order valence-corrected chi connectivity index (χ0v) is 16.5. The molecule has 1 aromatic rings. The Bertz CT molecular complexity index is 679. The molecule has 7 nitrogen and oxygen atoms in total. The fourth-order valence-electron chi connectivity index (χ4n) is 3.73. The average Bonchev–Trinajstić information content (AvgIpc) is 2.69. The Labute approximate surface area is 164 Å². The monoisotopic (exact) mass is 394 g/mol. The van der Waals surface area contributed by atoms with E-state index in [4.69, 9.17) is 16.3 Å². The molecular weight excluding hydrogens is 368 g/mol. The van der Waals surface area contributed by atoms with E-state index in [0.29, 0.717) is 11.9 Å². The van der Waals surface area contributed by atoms with Gasteiger partial charge in [-0.25, -0.2) is 14.8 Å². The molecule has 1 saturated heterocycles. The van der Waals surface area contributed by atoms with Crippen molar-refractivity contribution in [2.24, 2.45) is 5.92 Å². The van der Waals surface area contributed by atoms with Gasteiger partial charge in [0.15, 0.2) is 12.3 Å². The second kappa shape index (κ2) is 9.35. The van der Waals surface area contributed by atoms with Crippen LogP contribution in [0.4, 0.5) is 5.95 Å². The number of hydrogen-bond acceptors (Lipinski definition) is 6. The van der Waals surface area contributed by atoms with Crippen molar-refractivity contribution in [1.29, 1.82) is 0 Å². The van der Waals surface area contributed by atoms with Gasteiger partial charge < -0.3 is 15.0 Å². The normalized spacial score (nSPS) is 23.0. The summed E-state index contributed by atoms with van der Waals surface area (Å²) < 4.78 is 5.15. The van der Waals surface area contributed by atoms with Crippen LogP contribution in [0.5, 0.6) is 0 Å². The summed E-state index contributed by atoms with van der Waals surface area (Å²) in [7, 11) is 0. The first-order valence-corrected chi connectivity index (χ1v) is 10.2. The maximum Gasteiger partial charge on any atom is 0.359 e. The standard InChI is InChI=1S/C19H27ClN4O3/c1-13-7-3-4-8-15(13)22-16(25)12-27-18(26)17-14(20)11-21-19(23-17)24-9-5-2-6-10-24/h11,13,15H,2-10,12H2,1H3,(H,22,25)/t13-,15+/m1/s1. The van der Waals surface area contributed by atoms with E-state index in [0.717, 1.165) is 45.2 Å². The summed E-state index contributed by atoms with van der Waals surface area (Å²) in [6.45, 7) is 3.52. The molecule has 2 fully saturated rings. The molecule has 0 radical (unpaired) electrons. The molecule has 0 aromatic carbocycles. The minimum atomic E-state index is -0.701. The lowest BCUT2D eigenvalue weighted by Crippen LogP contribution is -2.42. The number of halogens is 1. The summed E-state index contributed by atoms with van der Waals surface area (Å²) >= 11 is 6.08. The molecular formula is C19H27ClN4O3. The van der Waals surface area contributed by atoms with Gasteiger partial charge in [0.1, 0.15) is 0 Å². The van der Waals surface area contributed by atoms with Gasteiger partial charge in [0.05, 0.1) is 11.2 Å². The van der Waals surface area contributed by atoms with Crippen LogP contribution in [-0.2, 0) is 9.53 Å². The predicted octanol–water partition coefficient (Wildman–Crippen LogP) is 2.97. The fourth-order valence-corrected chi connectivity index (χ4v) is 3.89. The fraction of sp³-hybridized carbons (Fsp3) is 0.684. The molecule has 2 heterocycles. The number of amides is 1. The highest BCUT2D eigenvalue weighted by Crippen LogP contribution is 2.24. The number of ether oxygens (including phenoxy) is 1. The Hall–Kier alpha value is -1.89. The van der Waals surface area contributed by atoms with Gasteiger partial charge in [-0.15, -0.1) is 0 Å². The van der Waals surface area contributed by atoms with Crippen molar-refractivity contribution < 1.29 is 14.3 Å². The number of carbonyl (C=O) groups excluding carboxylic acids is 2. The Kier molecular flexibility index (Phi) is 6.88. The molecule has 0 spiro atoms. The van der Waals surface area contributed by atoms with E-state index >= 15 is 0 Å². The molecule has 2 aliphatic rings. The van der Waals surface area contributed by atoms with Crippen molar-refractivity contribution in [2.45, 2.75) is 57.9 Å². The van der Waals surface area contributed by atoms with E-state index in [9.17, 15) is 9.59 Å². The van der Waals surface area contributed by atoms with Crippen molar-refractivity contribution in [3.63, 3.8) is 0 Å². The summed E-state index contributed by atoms with van der Waals surface area (Å²) in [5, 5.41) is 3.09. The highest BCUT2D eigenvalue weighted by atomic mass is 35.5. The minimum Gasteiger partial charge on any atom is -0.451 e. The summed E-state index contributed by atoms with van der Waals surface area (Å²) in [5.41, 5.74) is 0.00562. The van der Waals surface area contributed by atoms with Gasteiger partial charge in [-0.3, -0.25) is 4.79 Å². The Morgan fingerprint density at radius 2 is 1.96 bits per heavy atom. The number of anilines is 1. The van der Waals surface area contributed by atoms with Crippen LogP contribution in [0.3, 0.4) is 0 Å². The van der Waals surface area contributed by atoms with Crippen molar-refractivity contribution in [3.8, 4) is 0 Å². The van der Waals surface area contributed by atoms with Crippen LogP contribution in [0.25, 0.3) is 0 Å². The molecule has 1 saturated carbocycles. The molecule has 2 atom stereocenters. The lowest BCUT2D eigenvalue weighted by atomic mass is 9.86. The van der Waals surface area contributed by atoms with Gasteiger partial charge in [0, 0.05) is 19.1 Å². The summed E-state index contributed by atoms with van der Waals surface area (Å²) in [6, 6.07) is 0.151. The van der Waals surface area contributed by atoms with E-state index in [1.807, 2.05) is 4.90 Å². The van der Waals surface area contributed by atoms with Crippen LogP contribution < -0.4 is 10.2 Å². The summed E-state index contributed by atoms with van der Waals surface area (Å²) in [4.78, 5) is 35.0. The zero-order chi connectivity index (χ0) is 19.2. The van der Waals surface area contributed by atoms with Gasteiger partial charge in [-0.05, 0) is 38.0 Å². The van der Waals surface area contributed by atoms with E-state index in [-0.39, 0.29) is 29.3 Å². The van der Waals surface area contributed by atoms with Crippen molar-refractivity contribution in [1.82, 2.24) is 15.3 Å². The van der Waals surface area contributed by atoms with E-state index in [1.165, 1.54) is 19.0 Å². The summed E-state index contributed by atoms with van der Waals surface area (Å²) in [6.07, 6.45) is 9.15. The van der Waals surface area contributed by atoms with E-state index in [2.05, 4.69) is 22.2 Å². The SMILES string of the molecule is C[C@@H]1CCCC[C@@H]1NC(=O)COC(=O)c1nc(N2CCCCC2)ncc1Cl. The minimum absolute atomic E-state index is 0.00562. The second-order valence-corrected chi connectivity index (χ2v) is 7.83. The zero-order valence-electron chi connectivity index (χ0n) is 15.7. The number of piperidine rings is 1. The molecule has 8 heteroatoms. The first-order valence-electron chi connectivity index (χ1n) is 9.78. The lowest BCUT2D eigenvalue weighted by Gasteiger charge is -2.29. The third-order valence-corrected chi connectivity index (χ3v) is 5.63. The predicted molar refractivity (Wildman–Crippen MR) is 103 cm³/mol. The topological polar surface area (TPSA) is 84.4 Å². The van der Waals surface area contributed by atoms with Crippen LogP contribution in [0.2, 0.25) is 5.02 Å². The molecule has 1 aliphatic heterocycles. The van der Waals surface area contributed by atoms with Gasteiger partial charge in [0.25, 0.3) is 5.91 Å². The van der Waals surface area contributed by atoms with Gasteiger partial charge in [0.2, 0.25) is 5.95 Å². The molecule has 1 N–H and O–H groups in total. The molecule has 1 amide bonds. The average molecular weight is 395 g/mol. The Balaban J connectivity index is 1.56. The van der Waals surface area contributed by atoms with Crippen LogP contribution in [-0.4, -0.2) is 47.6 Å². The first kappa shape index (κ1) is 19.9. The smallest absolute Gasteiger partial charge is 0.359 e. The lowest BCUT2D eigenvalue weighted by molar-refractivity contribution is -0.125. The van der Waals surface area contributed by atoms with Crippen LogP contribution in [0.1, 0.15) is 62.4 Å². The molecule has 1 aromatic heterocycles. The second-order valence-electron chi connectivity index (χ2n) is 7.43. The molecule has 3 rings (SSSR count). The maximum absolute atomic E-state index is 12.4. The molecule has 0 unspecified atom stereocenters. The number of rotatable bonds is 5. The number of aromatic nitrogens is 2. The number of hydrogen-bond donors (Lipinski definition) is 1. The highest BCUT2D eigenvalue weighted by molar-refractivity contribution is 6.33. The summed E-state index contributed by atoms with van der Waals surface area (Å²) in [5.74, 6) is -0.0654. The largest absolute Gasteiger partial charge is 0.451 e. The van der Waals surface area contributed by atoms with Crippen LogP contribution in [0.15, 0.2) is 6.20 Å². The highest BCUT2D eigenvalue weighted by Gasteiger charge is 2.24. The number of nitrogens with zero attached hydrogens (tertiary/aromatic N) is 3. The van der Waals surface area contributed by atoms with Crippen LogP contribution in [0, 0.1) is 5.92 Å². The molecule has 1 aliphatic carbocycles. The quantitative estimate of drug-likeness (QED) is 0.773.